The van der Waals surface area contributed by atoms with E-state index in [9.17, 15) is 22.8 Å². The van der Waals surface area contributed by atoms with E-state index in [0.717, 1.165) is 23.5 Å². The number of anilines is 2. The van der Waals surface area contributed by atoms with Crippen LogP contribution >= 0.6 is 22.9 Å². The number of benzene rings is 2. The van der Waals surface area contributed by atoms with Crippen LogP contribution in [0.4, 0.5) is 24.0 Å². The Hall–Kier alpha value is -3.84. The molecule has 3 aromatic rings. The molecule has 0 saturated carbocycles. The zero-order valence-electron chi connectivity index (χ0n) is 20.1. The first kappa shape index (κ1) is 28.7. The van der Waals surface area contributed by atoms with E-state index >= 15 is 0 Å². The fourth-order valence-electron chi connectivity index (χ4n) is 3.01. The molecular formula is C24H22ClF3N4O5S. The lowest BCUT2D eigenvalue weighted by atomic mass is 10.2. The highest BCUT2D eigenvalue weighted by Crippen LogP contribution is 2.36. The van der Waals surface area contributed by atoms with Crippen molar-refractivity contribution in [3.05, 3.63) is 63.6 Å². The van der Waals surface area contributed by atoms with Crippen LogP contribution in [0.1, 0.15) is 23.7 Å². The summed E-state index contributed by atoms with van der Waals surface area (Å²) in [6.45, 7) is 1.55. The molecule has 202 valence electrons. The van der Waals surface area contributed by atoms with Crippen LogP contribution in [0.15, 0.2) is 46.9 Å². The third kappa shape index (κ3) is 8.35. The van der Waals surface area contributed by atoms with Gasteiger partial charge in [-0.05, 0) is 42.8 Å². The number of nitrogens with zero attached hydrogens (tertiary/aromatic N) is 2. The van der Waals surface area contributed by atoms with Crippen molar-refractivity contribution in [3.8, 4) is 11.5 Å². The van der Waals surface area contributed by atoms with E-state index in [0.29, 0.717) is 16.4 Å². The fourth-order valence-corrected chi connectivity index (χ4v) is 4.02. The normalized spacial score (nSPS) is 11.3. The summed E-state index contributed by atoms with van der Waals surface area (Å²) in [4.78, 5) is 28.0. The molecular weight excluding hydrogens is 549 g/mol. The summed E-state index contributed by atoms with van der Waals surface area (Å²) in [6, 6.07) is 7.78. The van der Waals surface area contributed by atoms with Gasteiger partial charge in [-0.3, -0.25) is 4.79 Å². The van der Waals surface area contributed by atoms with Crippen molar-refractivity contribution in [1.29, 1.82) is 0 Å². The minimum atomic E-state index is -4.46. The molecule has 0 bridgehead atoms. The van der Waals surface area contributed by atoms with Gasteiger partial charge in [-0.1, -0.05) is 17.7 Å². The highest BCUT2D eigenvalue weighted by Gasteiger charge is 2.30. The molecule has 0 aliphatic heterocycles. The molecule has 0 aliphatic rings. The van der Waals surface area contributed by atoms with Gasteiger partial charge in [-0.15, -0.1) is 11.3 Å². The van der Waals surface area contributed by atoms with Gasteiger partial charge in [0.25, 0.3) is 0 Å². The van der Waals surface area contributed by atoms with Gasteiger partial charge in [0.05, 0.1) is 42.6 Å². The molecule has 2 aromatic carbocycles. The number of hydrazone groups is 1. The maximum absolute atomic E-state index is 12.9. The molecule has 3 rings (SSSR count). The number of ether oxygens (including phenoxy) is 3. The molecule has 0 unspecified atom stereocenters. The van der Waals surface area contributed by atoms with Crippen molar-refractivity contribution >= 4 is 51.8 Å². The lowest BCUT2D eigenvalue weighted by Crippen LogP contribution is -2.20. The Morgan fingerprint density at radius 1 is 1.24 bits per heavy atom. The summed E-state index contributed by atoms with van der Waals surface area (Å²) >= 11 is 7.38. The largest absolute Gasteiger partial charge is 0.493 e. The maximum atomic E-state index is 12.9. The highest BCUT2D eigenvalue weighted by atomic mass is 35.5. The van der Waals surface area contributed by atoms with E-state index in [2.05, 4.69) is 20.8 Å². The monoisotopic (exact) mass is 570 g/mol. The van der Waals surface area contributed by atoms with E-state index in [1.807, 2.05) is 0 Å². The fraction of sp³-hybridized carbons (Fsp3) is 0.250. The average molecular weight is 571 g/mol. The molecule has 0 atom stereocenters. The van der Waals surface area contributed by atoms with E-state index in [4.69, 9.17) is 25.8 Å². The van der Waals surface area contributed by atoms with Crippen LogP contribution in [-0.2, 0) is 26.9 Å². The molecule has 2 N–H and O–H groups in total. The molecule has 1 aromatic heterocycles. The molecule has 0 radical (unpaired) electrons. The van der Waals surface area contributed by atoms with E-state index in [1.165, 1.54) is 31.5 Å². The number of carbonyl (C=O) groups excluding carboxylic acids is 2. The number of methoxy groups -OCH3 is 1. The first-order valence-electron chi connectivity index (χ1n) is 11.0. The Morgan fingerprint density at radius 2 is 2.03 bits per heavy atom. The van der Waals surface area contributed by atoms with E-state index < -0.39 is 23.6 Å². The number of hydrogen-bond donors (Lipinski definition) is 2. The van der Waals surface area contributed by atoms with Crippen LogP contribution in [0.3, 0.4) is 0 Å². The lowest BCUT2D eigenvalue weighted by Gasteiger charge is -2.12. The quantitative estimate of drug-likeness (QED) is 0.185. The standard InChI is InChI=1S/C24H22ClF3N4O5S/c1-3-36-21(34)12-37-22-18(25)7-14(8-19(22)35-2)11-29-32-20(33)10-17-13-38-23(31-17)30-16-6-4-5-15(9-16)24(26,27)28/h4-9,11,13H,3,10,12H2,1-2H3,(H,30,31)(H,32,33)/b29-11-. The first-order valence-corrected chi connectivity index (χ1v) is 12.2. The van der Waals surface area contributed by atoms with Gasteiger partial charge in [0.1, 0.15) is 0 Å². The zero-order chi connectivity index (χ0) is 27.7. The SMILES string of the molecule is CCOC(=O)COc1c(Cl)cc(/C=N\NC(=O)Cc2csc(Nc3cccc(C(F)(F)F)c3)n2)cc1OC. The summed E-state index contributed by atoms with van der Waals surface area (Å²) in [7, 11) is 1.40. The van der Waals surface area contributed by atoms with Gasteiger partial charge >= 0.3 is 12.1 Å². The summed E-state index contributed by atoms with van der Waals surface area (Å²) in [5.74, 6) is -0.624. The van der Waals surface area contributed by atoms with Gasteiger partial charge in [0.2, 0.25) is 5.91 Å². The van der Waals surface area contributed by atoms with Crippen LogP contribution in [0.2, 0.25) is 5.02 Å². The van der Waals surface area contributed by atoms with Gasteiger partial charge in [-0.2, -0.15) is 18.3 Å². The second kappa shape index (κ2) is 13.1. The van der Waals surface area contributed by atoms with Crippen molar-refractivity contribution in [2.75, 3.05) is 25.6 Å². The minimum Gasteiger partial charge on any atom is -0.493 e. The number of nitrogens with one attached hydrogen (secondary N) is 2. The third-order valence-electron chi connectivity index (χ3n) is 4.63. The van der Waals surface area contributed by atoms with Gasteiger partial charge < -0.3 is 19.5 Å². The van der Waals surface area contributed by atoms with Crippen LogP contribution in [0.5, 0.6) is 11.5 Å². The number of rotatable bonds is 11. The van der Waals surface area contributed by atoms with Crippen molar-refractivity contribution in [2.45, 2.75) is 19.5 Å². The molecule has 14 heteroatoms. The Balaban J connectivity index is 1.56. The first-order chi connectivity index (χ1) is 18.1. The van der Waals surface area contributed by atoms with E-state index in [1.54, 1.807) is 18.4 Å². The molecule has 0 saturated heterocycles. The Labute approximate surface area is 224 Å². The summed E-state index contributed by atoms with van der Waals surface area (Å²) in [5, 5.41) is 8.79. The Morgan fingerprint density at radius 3 is 2.74 bits per heavy atom. The number of alkyl halides is 3. The number of esters is 1. The third-order valence-corrected chi connectivity index (χ3v) is 5.72. The maximum Gasteiger partial charge on any atom is 0.416 e. The summed E-state index contributed by atoms with van der Waals surface area (Å²) in [5.41, 5.74) is 2.69. The second-order valence-electron chi connectivity index (χ2n) is 7.45. The predicted molar refractivity (Wildman–Crippen MR) is 136 cm³/mol. The number of halogens is 4. The zero-order valence-corrected chi connectivity index (χ0v) is 21.7. The Bertz CT molecular complexity index is 1320. The molecule has 1 heterocycles. The number of hydrogen-bond acceptors (Lipinski definition) is 9. The molecule has 0 aliphatic carbocycles. The number of carbonyl (C=O) groups is 2. The Kier molecular flexibility index (Phi) is 9.91. The van der Waals surface area contributed by atoms with Crippen molar-refractivity contribution in [1.82, 2.24) is 10.4 Å². The number of amides is 1. The lowest BCUT2D eigenvalue weighted by molar-refractivity contribution is -0.145. The molecule has 0 fully saturated rings. The smallest absolute Gasteiger partial charge is 0.416 e. The average Bonchev–Trinajstić information content (AvgIpc) is 3.29. The topological polar surface area (TPSA) is 111 Å². The number of aromatic nitrogens is 1. The van der Waals surface area contributed by atoms with Crippen LogP contribution in [0.25, 0.3) is 0 Å². The molecule has 9 nitrogen and oxygen atoms in total. The van der Waals surface area contributed by atoms with Crippen molar-refractivity contribution in [2.24, 2.45) is 5.10 Å². The summed E-state index contributed by atoms with van der Waals surface area (Å²) in [6.07, 6.45) is -3.23. The minimum absolute atomic E-state index is 0.108. The van der Waals surface area contributed by atoms with Gasteiger partial charge in [0, 0.05) is 11.1 Å². The molecule has 1 amide bonds. The van der Waals surface area contributed by atoms with Crippen molar-refractivity contribution < 1.29 is 37.0 Å². The second-order valence-corrected chi connectivity index (χ2v) is 8.71. The molecule has 38 heavy (non-hydrogen) atoms. The van der Waals surface area contributed by atoms with E-state index in [-0.39, 0.29) is 41.8 Å². The van der Waals surface area contributed by atoms with Crippen LogP contribution in [0, 0.1) is 0 Å². The number of thiazole rings is 1. The summed E-state index contributed by atoms with van der Waals surface area (Å²) < 4.78 is 54.1. The predicted octanol–water partition coefficient (Wildman–Crippen LogP) is 5.20. The van der Waals surface area contributed by atoms with Gasteiger partial charge in [0.15, 0.2) is 23.2 Å². The van der Waals surface area contributed by atoms with Gasteiger partial charge in [-0.25, -0.2) is 15.2 Å². The van der Waals surface area contributed by atoms with Crippen molar-refractivity contribution in [3.63, 3.8) is 0 Å². The highest BCUT2D eigenvalue weighted by molar-refractivity contribution is 7.13. The van der Waals surface area contributed by atoms with Crippen LogP contribution < -0.4 is 20.2 Å². The molecule has 0 spiro atoms. The van der Waals surface area contributed by atoms with Crippen LogP contribution in [-0.4, -0.2) is 43.4 Å².